The van der Waals surface area contributed by atoms with Gasteiger partial charge >= 0.3 is 5.97 Å². The Morgan fingerprint density at radius 1 is 1.00 bits per heavy atom. The predicted octanol–water partition coefficient (Wildman–Crippen LogP) is 4.24. The molecule has 0 aliphatic carbocycles. The van der Waals surface area contributed by atoms with Crippen molar-refractivity contribution in [3.05, 3.63) is 60.2 Å². The van der Waals surface area contributed by atoms with Crippen molar-refractivity contribution in [2.75, 3.05) is 0 Å². The standard InChI is InChI=1S/C16H12N2O2/c1-2-12-20-16(19)14-10-6-7-11-15(14)18-17-13-8-4-3-5-9-13/h3-11H,1H3. The van der Waals surface area contributed by atoms with E-state index in [-0.39, 0.29) is 0 Å². The van der Waals surface area contributed by atoms with Crippen molar-refractivity contribution in [1.29, 1.82) is 0 Å². The summed E-state index contributed by atoms with van der Waals surface area (Å²) in [6, 6.07) is 16.1. The third kappa shape index (κ3) is 3.53. The van der Waals surface area contributed by atoms with Crippen molar-refractivity contribution in [1.82, 2.24) is 0 Å². The number of nitrogens with zero attached hydrogens (tertiary/aromatic N) is 2. The highest BCUT2D eigenvalue weighted by atomic mass is 16.5. The Kier molecular flexibility index (Phi) is 4.63. The van der Waals surface area contributed by atoms with Gasteiger partial charge in [-0.25, -0.2) is 4.79 Å². The first-order chi connectivity index (χ1) is 9.81. The van der Waals surface area contributed by atoms with Crippen LogP contribution in [0.1, 0.15) is 17.3 Å². The van der Waals surface area contributed by atoms with Gasteiger partial charge in [-0.3, -0.25) is 0 Å². The Bertz CT molecular complexity index is 682. The molecule has 0 aliphatic rings. The van der Waals surface area contributed by atoms with Crippen LogP contribution in [0.3, 0.4) is 0 Å². The molecule has 4 heteroatoms. The van der Waals surface area contributed by atoms with E-state index in [1.165, 1.54) is 0 Å². The molecular weight excluding hydrogens is 252 g/mol. The first kappa shape index (κ1) is 13.5. The molecule has 0 radical (unpaired) electrons. The Hall–Kier alpha value is -2.93. The molecular formula is C16H12N2O2. The van der Waals surface area contributed by atoms with Crippen LogP contribution in [-0.4, -0.2) is 5.97 Å². The van der Waals surface area contributed by atoms with Crippen molar-refractivity contribution < 1.29 is 9.53 Å². The summed E-state index contributed by atoms with van der Waals surface area (Å²) in [4.78, 5) is 11.8. The Morgan fingerprint density at radius 3 is 2.45 bits per heavy atom. The molecule has 0 bridgehead atoms. The van der Waals surface area contributed by atoms with Crippen molar-refractivity contribution in [3.63, 3.8) is 0 Å². The van der Waals surface area contributed by atoms with E-state index < -0.39 is 5.97 Å². The number of rotatable bonds is 3. The number of benzene rings is 2. The summed E-state index contributed by atoms with van der Waals surface area (Å²) in [6.45, 7) is 1.59. The molecule has 0 saturated carbocycles. The SMILES string of the molecule is CC#COC(=O)c1ccccc1N=Nc1ccccc1. The summed E-state index contributed by atoms with van der Waals surface area (Å²) < 4.78 is 4.77. The molecule has 0 aliphatic heterocycles. The highest BCUT2D eigenvalue weighted by molar-refractivity contribution is 5.95. The maximum Gasteiger partial charge on any atom is 0.354 e. The lowest BCUT2D eigenvalue weighted by Gasteiger charge is -2.00. The Labute approximate surface area is 117 Å². The van der Waals surface area contributed by atoms with Crippen LogP contribution in [0.5, 0.6) is 0 Å². The second kappa shape index (κ2) is 6.86. The van der Waals surface area contributed by atoms with Crippen LogP contribution in [0.4, 0.5) is 11.4 Å². The van der Waals surface area contributed by atoms with E-state index in [9.17, 15) is 4.79 Å². The van der Waals surface area contributed by atoms with Gasteiger partial charge in [0.2, 0.25) is 0 Å². The zero-order valence-electron chi connectivity index (χ0n) is 10.9. The fourth-order valence-corrected chi connectivity index (χ4v) is 1.49. The smallest absolute Gasteiger partial charge is 0.354 e. The molecule has 0 aromatic heterocycles. The number of carbonyl (C=O) groups is 1. The number of hydrogen-bond donors (Lipinski definition) is 0. The number of esters is 1. The first-order valence-electron chi connectivity index (χ1n) is 6.00. The quantitative estimate of drug-likeness (QED) is 0.473. The molecule has 20 heavy (non-hydrogen) atoms. The minimum Gasteiger partial charge on any atom is -0.368 e. The molecule has 0 amide bonds. The Morgan fingerprint density at radius 2 is 1.70 bits per heavy atom. The third-order valence-electron chi connectivity index (χ3n) is 2.40. The van der Waals surface area contributed by atoms with E-state index in [0.717, 1.165) is 0 Å². The fraction of sp³-hybridized carbons (Fsp3) is 0.0625. The van der Waals surface area contributed by atoms with Crippen LogP contribution >= 0.6 is 0 Å². The van der Waals surface area contributed by atoms with E-state index in [0.29, 0.717) is 16.9 Å². The van der Waals surface area contributed by atoms with Crippen molar-refractivity contribution in [2.45, 2.75) is 6.92 Å². The van der Waals surface area contributed by atoms with Gasteiger partial charge in [0.15, 0.2) is 0 Å². The van der Waals surface area contributed by atoms with Gasteiger partial charge < -0.3 is 4.74 Å². The number of ether oxygens (including phenoxy) is 1. The minimum absolute atomic E-state index is 0.329. The monoisotopic (exact) mass is 264 g/mol. The van der Waals surface area contributed by atoms with Gasteiger partial charge in [-0.1, -0.05) is 36.3 Å². The lowest BCUT2D eigenvalue weighted by molar-refractivity contribution is 0.0691. The molecule has 98 valence electrons. The molecule has 4 nitrogen and oxygen atoms in total. The predicted molar refractivity (Wildman–Crippen MR) is 75.9 cm³/mol. The zero-order valence-corrected chi connectivity index (χ0v) is 10.9. The van der Waals surface area contributed by atoms with E-state index >= 15 is 0 Å². The molecule has 0 fully saturated rings. The van der Waals surface area contributed by atoms with Crippen molar-refractivity contribution in [2.24, 2.45) is 10.2 Å². The van der Waals surface area contributed by atoms with Gasteiger partial charge in [-0.15, -0.1) is 5.11 Å². The number of hydrogen-bond acceptors (Lipinski definition) is 4. The topological polar surface area (TPSA) is 51.0 Å². The van der Waals surface area contributed by atoms with Gasteiger partial charge in [0.25, 0.3) is 0 Å². The average molecular weight is 264 g/mol. The molecule has 0 heterocycles. The summed E-state index contributed by atoms with van der Waals surface area (Å²) in [5.41, 5.74) is 1.48. The highest BCUT2D eigenvalue weighted by Gasteiger charge is 2.11. The number of carbonyl (C=O) groups excluding carboxylic acids is 1. The van der Waals surface area contributed by atoms with E-state index in [1.54, 1.807) is 31.2 Å². The normalized spacial score (nSPS) is 9.85. The molecule has 2 aromatic rings. The molecule has 2 aromatic carbocycles. The van der Waals surface area contributed by atoms with Gasteiger partial charge in [-0.05, 0) is 24.3 Å². The summed E-state index contributed by atoms with van der Waals surface area (Å²) in [7, 11) is 0. The maximum absolute atomic E-state index is 11.8. The van der Waals surface area contributed by atoms with Crippen LogP contribution < -0.4 is 0 Å². The van der Waals surface area contributed by atoms with E-state index in [1.807, 2.05) is 30.3 Å². The summed E-state index contributed by atoms with van der Waals surface area (Å²) in [5.74, 6) is 1.96. The van der Waals surface area contributed by atoms with E-state index in [2.05, 4.69) is 22.3 Å². The fourth-order valence-electron chi connectivity index (χ4n) is 1.49. The molecule has 0 saturated heterocycles. The van der Waals surface area contributed by atoms with E-state index in [4.69, 9.17) is 4.74 Å². The molecule has 0 spiro atoms. The van der Waals surface area contributed by atoms with Crippen LogP contribution in [0, 0.1) is 12.0 Å². The van der Waals surface area contributed by atoms with Crippen molar-refractivity contribution >= 4 is 17.3 Å². The van der Waals surface area contributed by atoms with Gasteiger partial charge in [0, 0.05) is 6.92 Å². The minimum atomic E-state index is -0.540. The zero-order chi connectivity index (χ0) is 14.2. The van der Waals surface area contributed by atoms with Crippen LogP contribution in [0.2, 0.25) is 0 Å². The van der Waals surface area contributed by atoms with Crippen LogP contribution in [-0.2, 0) is 4.74 Å². The molecule has 0 unspecified atom stereocenters. The largest absolute Gasteiger partial charge is 0.368 e. The summed E-state index contributed by atoms with van der Waals surface area (Å²) in [5, 5.41) is 8.16. The first-order valence-corrected chi connectivity index (χ1v) is 6.00. The second-order valence-corrected chi connectivity index (χ2v) is 3.79. The highest BCUT2D eigenvalue weighted by Crippen LogP contribution is 2.22. The number of azo groups is 1. The van der Waals surface area contributed by atoms with Gasteiger partial charge in [-0.2, -0.15) is 5.11 Å². The van der Waals surface area contributed by atoms with Crippen LogP contribution in [0.15, 0.2) is 64.8 Å². The average Bonchev–Trinajstić information content (AvgIpc) is 2.52. The lowest BCUT2D eigenvalue weighted by atomic mass is 10.2. The third-order valence-corrected chi connectivity index (χ3v) is 2.40. The molecule has 0 atom stereocenters. The summed E-state index contributed by atoms with van der Waals surface area (Å²) >= 11 is 0. The van der Waals surface area contributed by atoms with Gasteiger partial charge in [0.1, 0.15) is 11.8 Å². The lowest BCUT2D eigenvalue weighted by Crippen LogP contribution is -2.00. The summed E-state index contributed by atoms with van der Waals surface area (Å²) in [6.07, 6.45) is 2.28. The van der Waals surface area contributed by atoms with Crippen molar-refractivity contribution in [3.8, 4) is 12.0 Å². The Balaban J connectivity index is 2.25. The second-order valence-electron chi connectivity index (χ2n) is 3.79. The molecule has 0 N–H and O–H groups in total. The molecule has 2 rings (SSSR count). The van der Waals surface area contributed by atoms with Crippen LogP contribution in [0.25, 0.3) is 0 Å². The maximum atomic E-state index is 11.8. The van der Waals surface area contributed by atoms with Gasteiger partial charge in [0.05, 0.1) is 11.3 Å².